The molecule has 1 aliphatic rings. The fourth-order valence-electron chi connectivity index (χ4n) is 4.11. The standard InChI is InChI=1S/C24H36F3N3O5S/c1-16(2)14-20(28(6)22(32)35-23(3,4)5)21(31)29-12-10-18(11-13-29)30(36(33)34)19-9-7-8-17(15-19)24(25,26)27/h7-9,15-16,18,20H,10-14H2,1-6H3,(H,33,34). The molecule has 0 radical (unpaired) electrons. The molecule has 0 saturated carbocycles. The van der Waals surface area contributed by atoms with Gasteiger partial charge in [0.25, 0.3) is 11.3 Å². The summed E-state index contributed by atoms with van der Waals surface area (Å²) < 4.78 is 67.9. The molecule has 1 fully saturated rings. The third-order valence-electron chi connectivity index (χ3n) is 5.83. The van der Waals surface area contributed by atoms with Gasteiger partial charge in [0.15, 0.2) is 0 Å². The maximum absolute atomic E-state index is 13.4. The van der Waals surface area contributed by atoms with Gasteiger partial charge in [-0.3, -0.25) is 18.6 Å². The Bertz CT molecular complexity index is 944. The van der Waals surface area contributed by atoms with Crippen molar-refractivity contribution < 1.29 is 36.3 Å². The summed E-state index contributed by atoms with van der Waals surface area (Å²) in [5.74, 6) is -0.138. The molecule has 2 atom stereocenters. The first kappa shape index (κ1) is 29.9. The van der Waals surface area contributed by atoms with E-state index in [2.05, 4.69) is 0 Å². The summed E-state index contributed by atoms with van der Waals surface area (Å²) in [4.78, 5) is 28.9. The van der Waals surface area contributed by atoms with E-state index in [9.17, 15) is 31.5 Å². The second-order valence-corrected chi connectivity index (χ2v) is 11.3. The zero-order chi connectivity index (χ0) is 27.4. The lowest BCUT2D eigenvalue weighted by atomic mass is 9.99. The molecule has 0 bridgehead atoms. The number of carbonyl (C=O) groups excluding carboxylic acids is 2. The second kappa shape index (κ2) is 11.8. The van der Waals surface area contributed by atoms with Crippen LogP contribution in [0.25, 0.3) is 0 Å². The zero-order valence-electron chi connectivity index (χ0n) is 21.5. The molecule has 0 aromatic heterocycles. The van der Waals surface area contributed by atoms with Crippen LogP contribution >= 0.6 is 0 Å². The van der Waals surface area contributed by atoms with Gasteiger partial charge < -0.3 is 9.64 Å². The van der Waals surface area contributed by atoms with E-state index in [0.717, 1.165) is 16.4 Å². The number of nitrogens with zero attached hydrogens (tertiary/aromatic N) is 3. The number of piperidine rings is 1. The molecular formula is C24H36F3N3O5S. The zero-order valence-corrected chi connectivity index (χ0v) is 22.4. The van der Waals surface area contributed by atoms with Crippen LogP contribution in [0.15, 0.2) is 24.3 Å². The molecule has 1 aromatic rings. The van der Waals surface area contributed by atoms with Gasteiger partial charge in [-0.25, -0.2) is 9.00 Å². The summed E-state index contributed by atoms with van der Waals surface area (Å²) in [6, 6.07) is 3.01. The highest BCUT2D eigenvalue weighted by atomic mass is 32.2. The van der Waals surface area contributed by atoms with Crippen LogP contribution in [-0.2, 0) is 27.0 Å². The molecule has 12 heteroatoms. The van der Waals surface area contributed by atoms with Gasteiger partial charge >= 0.3 is 12.3 Å². The molecule has 1 heterocycles. The van der Waals surface area contributed by atoms with Gasteiger partial charge in [0.2, 0.25) is 5.91 Å². The predicted octanol–water partition coefficient (Wildman–Crippen LogP) is 4.92. The van der Waals surface area contributed by atoms with Gasteiger partial charge in [0, 0.05) is 26.2 Å². The Hall–Kier alpha value is -2.34. The van der Waals surface area contributed by atoms with E-state index in [0.29, 0.717) is 6.42 Å². The average molecular weight is 536 g/mol. The normalized spacial score (nSPS) is 17.0. The Kier molecular flexibility index (Phi) is 9.80. The van der Waals surface area contributed by atoms with Gasteiger partial charge in [0.05, 0.1) is 11.3 Å². The van der Waals surface area contributed by atoms with Crippen LogP contribution in [0.3, 0.4) is 0 Å². The maximum Gasteiger partial charge on any atom is 0.416 e. The maximum atomic E-state index is 13.4. The monoisotopic (exact) mass is 535 g/mol. The topological polar surface area (TPSA) is 90.4 Å². The summed E-state index contributed by atoms with van der Waals surface area (Å²) in [7, 11) is 1.52. The van der Waals surface area contributed by atoms with Crippen molar-refractivity contribution in [3.8, 4) is 0 Å². The van der Waals surface area contributed by atoms with E-state index in [1.165, 1.54) is 24.1 Å². The van der Waals surface area contributed by atoms with Gasteiger partial charge in [-0.05, 0) is 64.2 Å². The molecule has 1 aromatic carbocycles. The van der Waals surface area contributed by atoms with Gasteiger partial charge in [-0.2, -0.15) is 13.2 Å². The molecule has 0 spiro atoms. The van der Waals surface area contributed by atoms with Crippen molar-refractivity contribution in [2.45, 2.75) is 77.7 Å². The van der Waals surface area contributed by atoms with Gasteiger partial charge in [-0.1, -0.05) is 19.9 Å². The van der Waals surface area contributed by atoms with Crippen molar-refractivity contribution in [3.05, 3.63) is 29.8 Å². The largest absolute Gasteiger partial charge is 0.444 e. The SMILES string of the molecule is CC(C)CC(C(=O)N1CCC(N(c2cccc(C(F)(F)F)c2)S(=O)O)CC1)N(C)C(=O)OC(C)(C)C. The third-order valence-corrected chi connectivity index (χ3v) is 6.68. The number of ether oxygens (including phenoxy) is 1. The summed E-state index contributed by atoms with van der Waals surface area (Å²) in [6.07, 6.45) is -4.22. The number of amides is 2. The highest BCUT2D eigenvalue weighted by molar-refractivity contribution is 7.80. The molecule has 204 valence electrons. The average Bonchev–Trinajstić information content (AvgIpc) is 2.75. The van der Waals surface area contributed by atoms with Crippen molar-refractivity contribution in [2.24, 2.45) is 5.92 Å². The Balaban J connectivity index is 2.16. The van der Waals surface area contributed by atoms with Crippen molar-refractivity contribution in [2.75, 3.05) is 24.4 Å². The van der Waals surface area contributed by atoms with E-state index in [1.807, 2.05) is 13.8 Å². The molecule has 1 N–H and O–H groups in total. The van der Waals surface area contributed by atoms with Crippen LogP contribution in [0.5, 0.6) is 0 Å². The minimum absolute atomic E-state index is 0.0159. The smallest absolute Gasteiger partial charge is 0.416 e. The minimum Gasteiger partial charge on any atom is -0.444 e. The first-order valence-electron chi connectivity index (χ1n) is 11.8. The van der Waals surface area contributed by atoms with E-state index in [1.54, 1.807) is 25.7 Å². The molecule has 36 heavy (non-hydrogen) atoms. The lowest BCUT2D eigenvalue weighted by molar-refractivity contribution is -0.138. The molecule has 2 amide bonds. The molecule has 0 aliphatic carbocycles. The fraction of sp³-hybridized carbons (Fsp3) is 0.667. The Morgan fingerprint density at radius 2 is 1.78 bits per heavy atom. The van der Waals surface area contributed by atoms with Crippen molar-refractivity contribution in [1.82, 2.24) is 9.80 Å². The predicted molar refractivity (Wildman–Crippen MR) is 132 cm³/mol. The van der Waals surface area contributed by atoms with E-state index in [-0.39, 0.29) is 43.4 Å². The first-order valence-corrected chi connectivity index (χ1v) is 12.9. The van der Waals surface area contributed by atoms with E-state index >= 15 is 0 Å². The number of carbonyl (C=O) groups is 2. The number of rotatable bonds is 7. The number of anilines is 1. The molecule has 8 nitrogen and oxygen atoms in total. The highest BCUT2D eigenvalue weighted by Crippen LogP contribution is 2.33. The Labute approximate surface area is 213 Å². The van der Waals surface area contributed by atoms with Gasteiger partial charge in [0.1, 0.15) is 11.6 Å². The summed E-state index contributed by atoms with van der Waals surface area (Å²) in [6.45, 7) is 9.57. The first-order chi connectivity index (χ1) is 16.5. The van der Waals surface area contributed by atoms with Crippen LogP contribution in [0.1, 0.15) is 59.4 Å². The van der Waals surface area contributed by atoms with Gasteiger partial charge in [-0.15, -0.1) is 0 Å². The molecule has 2 rings (SSSR count). The van der Waals surface area contributed by atoms with Crippen molar-refractivity contribution in [3.63, 3.8) is 0 Å². The van der Waals surface area contributed by atoms with Crippen LogP contribution in [0, 0.1) is 5.92 Å². The molecule has 1 saturated heterocycles. The van der Waals surface area contributed by atoms with E-state index in [4.69, 9.17) is 4.74 Å². The molecular weight excluding hydrogens is 499 g/mol. The number of likely N-dealkylation sites (tertiary alicyclic amines) is 1. The summed E-state index contributed by atoms with van der Waals surface area (Å²) >= 11 is -2.56. The number of benzene rings is 1. The van der Waals surface area contributed by atoms with Crippen molar-refractivity contribution >= 4 is 29.0 Å². The van der Waals surface area contributed by atoms with Crippen molar-refractivity contribution in [1.29, 1.82) is 0 Å². The number of alkyl halides is 3. The summed E-state index contributed by atoms with van der Waals surface area (Å²) in [5.41, 5.74) is -1.65. The Morgan fingerprint density at radius 3 is 2.25 bits per heavy atom. The van der Waals surface area contributed by atoms with Crippen LogP contribution in [0.2, 0.25) is 0 Å². The van der Waals surface area contributed by atoms with E-state index < -0.39 is 46.8 Å². The van der Waals surface area contributed by atoms with Crippen LogP contribution < -0.4 is 4.31 Å². The van der Waals surface area contributed by atoms with Crippen LogP contribution in [0.4, 0.5) is 23.7 Å². The number of hydrogen-bond donors (Lipinski definition) is 1. The quantitative estimate of drug-likeness (QED) is 0.501. The number of likely N-dealkylation sites (N-methyl/N-ethyl adjacent to an activating group) is 1. The number of hydrogen-bond acceptors (Lipinski definition) is 4. The lowest BCUT2D eigenvalue weighted by Crippen LogP contribution is -2.54. The second-order valence-electron chi connectivity index (χ2n) is 10.4. The van der Waals surface area contributed by atoms with Crippen LogP contribution in [-0.4, -0.2) is 68.4 Å². The molecule has 1 aliphatic heterocycles. The highest BCUT2D eigenvalue weighted by Gasteiger charge is 2.37. The Morgan fingerprint density at radius 1 is 1.19 bits per heavy atom. The lowest BCUT2D eigenvalue weighted by Gasteiger charge is -2.40. The molecule has 2 unspecified atom stereocenters. The number of halogens is 3. The fourth-order valence-corrected chi connectivity index (χ4v) is 4.87. The summed E-state index contributed by atoms with van der Waals surface area (Å²) in [5, 5.41) is 0. The minimum atomic E-state index is -4.58. The third kappa shape index (κ3) is 8.09.